The minimum absolute atomic E-state index is 0.00902. The first kappa shape index (κ1) is 43.4. The number of likely N-dealkylation sites (tertiary alicyclic amines) is 2. The number of nitrogens with two attached hydrogens (primary N) is 1. The van der Waals surface area contributed by atoms with Gasteiger partial charge in [-0.2, -0.15) is 0 Å². The predicted octanol–water partition coefficient (Wildman–Crippen LogP) is 4.75. The van der Waals surface area contributed by atoms with Gasteiger partial charge in [-0.05, 0) is 72.2 Å². The number of phenolic OH excluding ortho intramolecular Hbond substituents is 2. The van der Waals surface area contributed by atoms with E-state index in [2.05, 4.69) is 58.7 Å². The highest BCUT2D eigenvalue weighted by molar-refractivity contribution is 7.19. The van der Waals surface area contributed by atoms with Crippen LogP contribution in [0.1, 0.15) is 70.1 Å². The normalized spacial score (nSPS) is 19.3. The first-order valence-corrected chi connectivity index (χ1v) is 24.0. The highest BCUT2D eigenvalue weighted by Gasteiger charge is 2.38. The summed E-state index contributed by atoms with van der Waals surface area (Å²) in [5, 5.41) is 20.8. The van der Waals surface area contributed by atoms with Gasteiger partial charge in [0.15, 0.2) is 11.6 Å². The van der Waals surface area contributed by atoms with Crippen LogP contribution in [-0.2, 0) is 35.7 Å². The third-order valence-corrected chi connectivity index (χ3v) is 15.0. The average Bonchev–Trinajstić information content (AvgIpc) is 3.92. The zero-order valence-electron chi connectivity index (χ0n) is 37.4. The van der Waals surface area contributed by atoms with Crippen LogP contribution in [0.3, 0.4) is 0 Å². The number of carbonyl (C=O) groups is 2. The molecule has 17 heteroatoms. The van der Waals surface area contributed by atoms with E-state index in [1.54, 1.807) is 34.7 Å². The number of nitrogens with zero attached hydrogens (tertiary/aromatic N) is 10. The lowest BCUT2D eigenvalue weighted by Crippen LogP contribution is -2.58. The molecule has 5 aromatic rings. The number of hydrogen-bond acceptors (Lipinski definition) is 15. The van der Waals surface area contributed by atoms with Crippen LogP contribution in [-0.4, -0.2) is 152 Å². The Balaban J connectivity index is 0.660. The van der Waals surface area contributed by atoms with Crippen LogP contribution < -0.4 is 10.6 Å². The minimum atomic E-state index is -0.224. The maximum absolute atomic E-state index is 13.6. The molecule has 0 unspecified atom stereocenters. The van der Waals surface area contributed by atoms with Crippen molar-refractivity contribution in [1.82, 2.24) is 44.4 Å². The molecule has 65 heavy (non-hydrogen) atoms. The standard InChI is InChI=1S/C48H59N11O5S/c1-30(2)38-19-39(42(61)20-41(38)60)47(63)59-27-33-4-3-32(17-34(33)28-59)24-54-7-5-31(6-8-54)23-56-25-36(26-56)46(62)58-11-9-55(10-12-58)29-37-18-40-43(65-37)45(57-13-15-64-16-14-57)53-44(52-40)35-21-50-48(49)51-22-35/h3-4,17-22,30-31,36,60-61H,5-16,23-29H2,1-2H3,(H2,49,50,51). The van der Waals surface area contributed by atoms with Gasteiger partial charge in [-0.3, -0.25) is 19.4 Å². The molecule has 0 aliphatic carbocycles. The molecule has 0 spiro atoms. The van der Waals surface area contributed by atoms with E-state index in [0.717, 1.165) is 131 Å². The summed E-state index contributed by atoms with van der Waals surface area (Å²) in [6.45, 7) is 17.6. The number of amides is 2. The second kappa shape index (κ2) is 18.4. The van der Waals surface area contributed by atoms with Gasteiger partial charge >= 0.3 is 0 Å². The molecule has 4 N–H and O–H groups in total. The summed E-state index contributed by atoms with van der Waals surface area (Å²) < 4.78 is 6.71. The molecule has 0 radical (unpaired) electrons. The summed E-state index contributed by atoms with van der Waals surface area (Å²) in [6, 6.07) is 11.7. The number of thiophene rings is 1. The highest BCUT2D eigenvalue weighted by atomic mass is 32.1. The van der Waals surface area contributed by atoms with Crippen molar-refractivity contribution in [3.63, 3.8) is 0 Å². The first-order valence-electron chi connectivity index (χ1n) is 23.1. The Kier molecular flexibility index (Phi) is 12.3. The van der Waals surface area contributed by atoms with Gasteiger partial charge in [0.2, 0.25) is 11.9 Å². The summed E-state index contributed by atoms with van der Waals surface area (Å²) in [4.78, 5) is 60.2. The summed E-state index contributed by atoms with van der Waals surface area (Å²) >= 11 is 1.75. The number of aromatic nitrogens is 4. The first-order chi connectivity index (χ1) is 31.5. The Morgan fingerprint density at radius 2 is 1.54 bits per heavy atom. The Morgan fingerprint density at radius 1 is 0.815 bits per heavy atom. The lowest BCUT2D eigenvalue weighted by Gasteiger charge is -2.44. The van der Waals surface area contributed by atoms with Crippen molar-refractivity contribution < 1.29 is 24.5 Å². The van der Waals surface area contributed by atoms with E-state index in [4.69, 9.17) is 20.4 Å². The Labute approximate surface area is 383 Å². The van der Waals surface area contributed by atoms with Crippen LogP contribution in [0.2, 0.25) is 0 Å². The highest BCUT2D eigenvalue weighted by Crippen LogP contribution is 2.37. The number of ether oxygens (including phenoxy) is 1. The monoisotopic (exact) mass is 901 g/mol. The third kappa shape index (κ3) is 9.34. The van der Waals surface area contributed by atoms with Crippen LogP contribution in [0.25, 0.3) is 21.6 Å². The summed E-state index contributed by atoms with van der Waals surface area (Å²) in [5.41, 5.74) is 11.8. The molecule has 342 valence electrons. The van der Waals surface area contributed by atoms with Crippen molar-refractivity contribution in [3.8, 4) is 22.9 Å². The number of piperidine rings is 1. The zero-order chi connectivity index (χ0) is 44.8. The van der Waals surface area contributed by atoms with E-state index in [9.17, 15) is 19.8 Å². The molecule has 0 atom stereocenters. The van der Waals surface area contributed by atoms with Crippen molar-refractivity contribution in [2.45, 2.75) is 58.8 Å². The molecule has 8 heterocycles. The SMILES string of the molecule is CC(C)c1cc(C(=O)N2Cc3ccc(CN4CCC(CN5CC(C(=O)N6CCN(Cc7cc8nc(-c9cnc(N)nc9)nc(N9CCOCC9)c8s7)CC6)C5)CC4)cc3C2)c(O)cc1O. The van der Waals surface area contributed by atoms with Crippen molar-refractivity contribution in [1.29, 1.82) is 0 Å². The largest absolute Gasteiger partial charge is 0.508 e. The smallest absolute Gasteiger partial charge is 0.258 e. The molecule has 4 saturated heterocycles. The fourth-order valence-electron chi connectivity index (χ4n) is 10.1. The lowest BCUT2D eigenvalue weighted by atomic mass is 9.91. The number of carbonyl (C=O) groups excluding carboxylic acids is 2. The fourth-order valence-corrected chi connectivity index (χ4v) is 11.3. The lowest BCUT2D eigenvalue weighted by molar-refractivity contribution is -0.143. The molecule has 2 amide bonds. The number of anilines is 2. The van der Waals surface area contributed by atoms with E-state index in [-0.39, 0.29) is 40.8 Å². The van der Waals surface area contributed by atoms with Gasteiger partial charge in [0.25, 0.3) is 5.91 Å². The molecule has 5 aliphatic rings. The number of morpholine rings is 1. The molecule has 4 fully saturated rings. The molecule has 5 aliphatic heterocycles. The maximum atomic E-state index is 13.6. The molecular formula is C48H59N11O5S. The van der Waals surface area contributed by atoms with Crippen LogP contribution in [0.4, 0.5) is 11.8 Å². The Morgan fingerprint density at radius 3 is 2.28 bits per heavy atom. The second-order valence-corrected chi connectivity index (χ2v) is 19.9. The quantitative estimate of drug-likeness (QED) is 0.165. The van der Waals surface area contributed by atoms with Crippen molar-refractivity contribution in [2.75, 3.05) is 95.8 Å². The average molecular weight is 902 g/mol. The molecular weight excluding hydrogens is 843 g/mol. The predicted molar refractivity (Wildman–Crippen MR) is 250 cm³/mol. The summed E-state index contributed by atoms with van der Waals surface area (Å²) in [5.74, 6) is 2.39. The fraction of sp³-hybridized carbons (Fsp3) is 0.500. The van der Waals surface area contributed by atoms with Gasteiger partial charge in [0.1, 0.15) is 11.5 Å². The molecule has 16 nitrogen and oxygen atoms in total. The van der Waals surface area contributed by atoms with Crippen LogP contribution in [0.15, 0.2) is 48.8 Å². The number of hydrogen-bond donors (Lipinski definition) is 3. The number of fused-ring (bicyclic) bond motifs is 2. The number of benzene rings is 2. The van der Waals surface area contributed by atoms with Gasteiger partial charge in [-0.1, -0.05) is 32.0 Å². The molecule has 0 bridgehead atoms. The number of nitrogen functional groups attached to an aromatic ring is 1. The van der Waals surface area contributed by atoms with Crippen LogP contribution >= 0.6 is 11.3 Å². The van der Waals surface area contributed by atoms with Gasteiger partial charge in [-0.15, -0.1) is 11.3 Å². The van der Waals surface area contributed by atoms with Gasteiger partial charge in [0.05, 0.1) is 40.5 Å². The number of phenols is 2. The van der Waals surface area contributed by atoms with Crippen molar-refractivity contribution in [2.24, 2.45) is 11.8 Å². The number of aromatic hydroxyl groups is 2. The van der Waals surface area contributed by atoms with E-state index in [1.165, 1.54) is 16.5 Å². The van der Waals surface area contributed by atoms with E-state index >= 15 is 0 Å². The van der Waals surface area contributed by atoms with Gasteiger partial charge in [0, 0.05) is 108 Å². The Bertz CT molecular complexity index is 2540. The van der Waals surface area contributed by atoms with Crippen LogP contribution in [0, 0.1) is 11.8 Å². The van der Waals surface area contributed by atoms with Crippen molar-refractivity contribution in [3.05, 3.63) is 81.5 Å². The van der Waals surface area contributed by atoms with E-state index in [0.29, 0.717) is 49.5 Å². The van der Waals surface area contributed by atoms with Gasteiger partial charge in [-0.25, -0.2) is 19.9 Å². The molecule has 2 aromatic carbocycles. The third-order valence-electron chi connectivity index (χ3n) is 13.9. The Hall–Kier alpha value is -5.46. The van der Waals surface area contributed by atoms with Gasteiger partial charge < -0.3 is 40.3 Å². The topological polar surface area (TPSA) is 181 Å². The maximum Gasteiger partial charge on any atom is 0.258 e. The minimum Gasteiger partial charge on any atom is -0.508 e. The van der Waals surface area contributed by atoms with Crippen LogP contribution in [0.5, 0.6) is 11.5 Å². The van der Waals surface area contributed by atoms with Crippen molar-refractivity contribution >= 4 is 45.1 Å². The van der Waals surface area contributed by atoms with E-state index < -0.39 is 0 Å². The molecule has 0 saturated carbocycles. The summed E-state index contributed by atoms with van der Waals surface area (Å²) in [7, 11) is 0. The zero-order valence-corrected chi connectivity index (χ0v) is 38.2. The summed E-state index contributed by atoms with van der Waals surface area (Å²) in [6.07, 6.45) is 5.64. The van der Waals surface area contributed by atoms with E-state index in [1.807, 2.05) is 13.8 Å². The molecule has 3 aromatic heterocycles. The second-order valence-electron chi connectivity index (χ2n) is 18.8. The molecule has 10 rings (SSSR count). The number of piperazine rings is 1. The number of rotatable bonds is 11.